The highest BCUT2D eigenvalue weighted by Gasteiger charge is 2.47. The number of pyridine rings is 1. The highest BCUT2D eigenvalue weighted by molar-refractivity contribution is 5.97. The van der Waals surface area contributed by atoms with E-state index in [2.05, 4.69) is 43.9 Å². The smallest absolute Gasteiger partial charge is 0.256 e. The van der Waals surface area contributed by atoms with Gasteiger partial charge in [-0.15, -0.1) is 0 Å². The first-order valence-corrected chi connectivity index (χ1v) is 13.8. The van der Waals surface area contributed by atoms with Gasteiger partial charge in [0.05, 0.1) is 11.3 Å². The summed E-state index contributed by atoms with van der Waals surface area (Å²) in [7, 11) is 0. The topological polar surface area (TPSA) is 56.8 Å². The lowest BCUT2D eigenvalue weighted by molar-refractivity contribution is -0.135. The molecule has 3 aliphatic heterocycles. The minimum atomic E-state index is 0.174. The maximum atomic E-state index is 13.6. The molecule has 2 amide bonds. The lowest BCUT2D eigenvalue weighted by atomic mass is 9.94. The zero-order valence-corrected chi connectivity index (χ0v) is 21.6. The summed E-state index contributed by atoms with van der Waals surface area (Å²) in [6.07, 6.45) is 9.23. The van der Waals surface area contributed by atoms with Crippen LogP contribution in [0.4, 0.5) is 0 Å². The van der Waals surface area contributed by atoms with Crippen LogP contribution in [0.15, 0.2) is 42.6 Å². The summed E-state index contributed by atoms with van der Waals surface area (Å²) < 4.78 is 0. The Morgan fingerprint density at radius 2 is 1.67 bits per heavy atom. The number of amides is 2. The summed E-state index contributed by atoms with van der Waals surface area (Å²) in [6.45, 7) is 6.70. The number of aryl methyl sites for hydroxylation is 2. The molecular formula is C30H38N4O2. The van der Waals surface area contributed by atoms with Crippen molar-refractivity contribution in [1.29, 1.82) is 0 Å². The van der Waals surface area contributed by atoms with Crippen molar-refractivity contribution in [2.45, 2.75) is 89.5 Å². The summed E-state index contributed by atoms with van der Waals surface area (Å²) in [5.74, 6) is 0.771. The second-order valence-corrected chi connectivity index (χ2v) is 11.5. The van der Waals surface area contributed by atoms with Crippen LogP contribution in [0.5, 0.6) is 0 Å². The monoisotopic (exact) mass is 486 g/mol. The standard InChI is InChI=1S/C30H38N4O2/c1-20-12-14-31-21(2)28(20)30(36)34-24-10-11-25(34)17-27(16-24)32-15-13-26(19-32)33(29(35)23-8-9-23)18-22-6-4-3-5-7-22/h3-7,12,14,23-27H,8-11,13,15-19H2,1-2H3/t24-,25?,26-,27?/m1/s1. The van der Waals surface area contributed by atoms with E-state index < -0.39 is 0 Å². The second-order valence-electron chi connectivity index (χ2n) is 11.5. The van der Waals surface area contributed by atoms with Gasteiger partial charge in [0.15, 0.2) is 0 Å². The molecule has 4 aliphatic rings. The molecular weight excluding hydrogens is 448 g/mol. The summed E-state index contributed by atoms with van der Waals surface area (Å²) in [5.41, 5.74) is 3.87. The third-order valence-corrected chi connectivity index (χ3v) is 9.06. The Morgan fingerprint density at radius 1 is 0.944 bits per heavy atom. The normalized spacial score (nSPS) is 27.9. The van der Waals surface area contributed by atoms with Crippen LogP contribution in [0.3, 0.4) is 0 Å². The molecule has 4 heterocycles. The molecule has 36 heavy (non-hydrogen) atoms. The van der Waals surface area contributed by atoms with Gasteiger partial charge in [-0.1, -0.05) is 30.3 Å². The van der Waals surface area contributed by atoms with E-state index in [0.717, 1.165) is 81.4 Å². The quantitative estimate of drug-likeness (QED) is 0.609. The molecule has 2 bridgehead atoms. The Balaban J connectivity index is 1.13. The summed E-state index contributed by atoms with van der Waals surface area (Å²) >= 11 is 0. The number of likely N-dealkylation sites (tertiary alicyclic amines) is 1. The number of nitrogens with zero attached hydrogens (tertiary/aromatic N) is 4. The number of benzene rings is 1. The van der Waals surface area contributed by atoms with Crippen molar-refractivity contribution in [2.75, 3.05) is 13.1 Å². The van der Waals surface area contributed by atoms with Gasteiger partial charge in [-0.3, -0.25) is 19.5 Å². The highest BCUT2D eigenvalue weighted by atomic mass is 16.2. The third-order valence-electron chi connectivity index (χ3n) is 9.06. The van der Waals surface area contributed by atoms with Gasteiger partial charge in [0, 0.05) is 55.9 Å². The minimum Gasteiger partial charge on any atom is -0.334 e. The average Bonchev–Trinajstić information content (AvgIpc) is 3.55. The molecule has 4 atom stereocenters. The molecule has 6 heteroatoms. The number of piperidine rings is 1. The Kier molecular flexibility index (Phi) is 6.32. The van der Waals surface area contributed by atoms with Gasteiger partial charge in [-0.2, -0.15) is 0 Å². The van der Waals surface area contributed by atoms with Crippen LogP contribution >= 0.6 is 0 Å². The van der Waals surface area contributed by atoms with Gasteiger partial charge < -0.3 is 9.80 Å². The molecule has 4 fully saturated rings. The second kappa shape index (κ2) is 9.62. The molecule has 3 saturated heterocycles. The predicted molar refractivity (Wildman–Crippen MR) is 139 cm³/mol. The lowest BCUT2D eigenvalue weighted by Crippen LogP contribution is -2.53. The van der Waals surface area contributed by atoms with Crippen molar-refractivity contribution < 1.29 is 9.59 Å². The molecule has 6 rings (SSSR count). The van der Waals surface area contributed by atoms with E-state index in [9.17, 15) is 9.59 Å². The van der Waals surface area contributed by atoms with Gasteiger partial charge in [-0.25, -0.2) is 0 Å². The molecule has 190 valence electrons. The Labute approximate surface area is 214 Å². The molecule has 1 aliphatic carbocycles. The molecule has 1 aromatic heterocycles. The summed E-state index contributed by atoms with van der Waals surface area (Å²) in [5, 5.41) is 0. The van der Waals surface area contributed by atoms with Crippen LogP contribution in [0.2, 0.25) is 0 Å². The van der Waals surface area contributed by atoms with E-state index in [1.54, 1.807) is 6.20 Å². The maximum absolute atomic E-state index is 13.6. The fraction of sp³-hybridized carbons (Fsp3) is 0.567. The molecule has 0 spiro atoms. The number of hydrogen-bond donors (Lipinski definition) is 0. The van der Waals surface area contributed by atoms with Crippen LogP contribution < -0.4 is 0 Å². The third kappa shape index (κ3) is 4.45. The molecule has 2 aromatic rings. The van der Waals surface area contributed by atoms with Crippen LogP contribution in [0.1, 0.15) is 72.1 Å². The predicted octanol–water partition coefficient (Wildman–Crippen LogP) is 4.35. The van der Waals surface area contributed by atoms with Crippen molar-refractivity contribution in [3.05, 3.63) is 65.0 Å². The van der Waals surface area contributed by atoms with E-state index in [1.165, 1.54) is 5.56 Å². The van der Waals surface area contributed by atoms with Crippen LogP contribution in [0, 0.1) is 19.8 Å². The number of fused-ring (bicyclic) bond motifs is 2. The van der Waals surface area contributed by atoms with E-state index in [0.29, 0.717) is 24.0 Å². The fourth-order valence-electron chi connectivity index (χ4n) is 7.01. The number of rotatable bonds is 6. The van der Waals surface area contributed by atoms with Crippen LogP contribution in [-0.4, -0.2) is 68.8 Å². The van der Waals surface area contributed by atoms with Gasteiger partial charge in [0.25, 0.3) is 5.91 Å². The number of hydrogen-bond acceptors (Lipinski definition) is 4. The first-order chi connectivity index (χ1) is 17.5. The van der Waals surface area contributed by atoms with Gasteiger partial charge in [0.1, 0.15) is 0 Å². The highest BCUT2D eigenvalue weighted by Crippen LogP contribution is 2.40. The Morgan fingerprint density at radius 3 is 2.33 bits per heavy atom. The van der Waals surface area contributed by atoms with Crippen molar-refractivity contribution in [1.82, 2.24) is 19.7 Å². The molecule has 1 saturated carbocycles. The van der Waals surface area contributed by atoms with E-state index in [-0.39, 0.29) is 17.9 Å². The zero-order valence-electron chi connectivity index (χ0n) is 21.6. The van der Waals surface area contributed by atoms with Gasteiger partial charge in [-0.05, 0) is 76.0 Å². The first kappa shape index (κ1) is 23.7. The SMILES string of the molecule is Cc1ccnc(C)c1C(=O)N1C2CC[C@@H]1CC(N1CC[C@@H](N(Cc3ccccc3)C(=O)C3CC3)C1)C2. The average molecular weight is 487 g/mol. The minimum absolute atomic E-state index is 0.174. The Bertz CT molecular complexity index is 1100. The van der Waals surface area contributed by atoms with Crippen molar-refractivity contribution in [3.8, 4) is 0 Å². The largest absolute Gasteiger partial charge is 0.334 e. The van der Waals surface area contributed by atoms with Crippen LogP contribution in [-0.2, 0) is 11.3 Å². The number of carbonyl (C=O) groups is 2. The fourth-order valence-corrected chi connectivity index (χ4v) is 7.01. The van der Waals surface area contributed by atoms with Gasteiger partial charge in [0.2, 0.25) is 5.91 Å². The summed E-state index contributed by atoms with van der Waals surface area (Å²) in [6, 6.07) is 13.8. The van der Waals surface area contributed by atoms with Crippen molar-refractivity contribution >= 4 is 11.8 Å². The Hall–Kier alpha value is -2.73. The van der Waals surface area contributed by atoms with Crippen molar-refractivity contribution in [2.24, 2.45) is 5.92 Å². The number of carbonyl (C=O) groups excluding carboxylic acids is 2. The maximum Gasteiger partial charge on any atom is 0.256 e. The van der Waals surface area contributed by atoms with Gasteiger partial charge >= 0.3 is 0 Å². The van der Waals surface area contributed by atoms with Crippen LogP contribution in [0.25, 0.3) is 0 Å². The summed E-state index contributed by atoms with van der Waals surface area (Å²) in [4.78, 5) is 38.3. The molecule has 1 aromatic carbocycles. The number of aromatic nitrogens is 1. The molecule has 0 radical (unpaired) electrons. The molecule has 6 nitrogen and oxygen atoms in total. The lowest BCUT2D eigenvalue weighted by Gasteiger charge is -2.42. The van der Waals surface area contributed by atoms with Crippen molar-refractivity contribution in [3.63, 3.8) is 0 Å². The molecule has 2 unspecified atom stereocenters. The van der Waals surface area contributed by atoms with E-state index >= 15 is 0 Å². The van der Waals surface area contributed by atoms with E-state index in [1.807, 2.05) is 26.0 Å². The zero-order chi connectivity index (χ0) is 24.8. The first-order valence-electron chi connectivity index (χ1n) is 13.8. The molecule has 0 N–H and O–H groups in total. The van der Waals surface area contributed by atoms with E-state index in [4.69, 9.17) is 0 Å².